The second-order valence-electron chi connectivity index (χ2n) is 4.38. The molecule has 1 atom stereocenters. The lowest BCUT2D eigenvalue weighted by molar-refractivity contribution is 0.390. The van der Waals surface area contributed by atoms with Crippen LogP contribution in [-0.4, -0.2) is 23.9 Å². The average Bonchev–Trinajstić information content (AvgIpc) is 2.86. The highest BCUT2D eigenvalue weighted by atomic mass is 32.1. The monoisotopic (exact) mass is 277 g/mol. The number of hydrogen-bond acceptors (Lipinski definition) is 5. The van der Waals surface area contributed by atoms with Crippen molar-refractivity contribution >= 4 is 11.3 Å². The molecule has 102 valence electrons. The molecule has 0 spiro atoms. The zero-order valence-corrected chi connectivity index (χ0v) is 12.3. The van der Waals surface area contributed by atoms with Crippen LogP contribution in [0.1, 0.15) is 35.5 Å². The fourth-order valence-corrected chi connectivity index (χ4v) is 2.62. The number of aryl methyl sites for hydroxylation is 1. The zero-order valence-electron chi connectivity index (χ0n) is 11.5. The number of nitrogens with zero attached hydrogens (tertiary/aromatic N) is 2. The van der Waals surface area contributed by atoms with Gasteiger partial charge in [0.1, 0.15) is 0 Å². The third-order valence-electron chi connectivity index (χ3n) is 2.85. The van der Waals surface area contributed by atoms with Gasteiger partial charge in [-0.1, -0.05) is 6.92 Å². The lowest BCUT2D eigenvalue weighted by atomic mass is 10.1. The fraction of sp³-hybridized carbons (Fsp3) is 0.429. The lowest BCUT2D eigenvalue weighted by Gasteiger charge is -2.16. The molecule has 2 aromatic heterocycles. The van der Waals surface area contributed by atoms with E-state index in [4.69, 9.17) is 4.74 Å². The third-order valence-corrected chi connectivity index (χ3v) is 3.73. The first kappa shape index (κ1) is 14.0. The number of nitrogens with one attached hydrogen (secondary N) is 1. The Bertz CT molecular complexity index is 510. The second-order valence-corrected chi connectivity index (χ2v) is 5.49. The number of rotatable bonds is 6. The summed E-state index contributed by atoms with van der Waals surface area (Å²) in [4.78, 5) is 1.31. The van der Waals surface area contributed by atoms with E-state index in [0.717, 1.165) is 18.7 Å². The molecule has 1 unspecified atom stereocenters. The van der Waals surface area contributed by atoms with Crippen LogP contribution in [0.25, 0.3) is 0 Å². The molecule has 0 aromatic carbocycles. The van der Waals surface area contributed by atoms with Crippen molar-refractivity contribution in [1.29, 1.82) is 0 Å². The Labute approximate surface area is 117 Å². The summed E-state index contributed by atoms with van der Waals surface area (Å²) >= 11 is 1.76. The summed E-state index contributed by atoms with van der Waals surface area (Å²) in [5.74, 6) is 0.541. The summed E-state index contributed by atoms with van der Waals surface area (Å²) in [6, 6.07) is 6.11. The number of methoxy groups -OCH3 is 1. The van der Waals surface area contributed by atoms with Gasteiger partial charge in [-0.05, 0) is 43.0 Å². The van der Waals surface area contributed by atoms with Crippen molar-refractivity contribution in [3.05, 3.63) is 39.7 Å². The van der Waals surface area contributed by atoms with Gasteiger partial charge in [-0.3, -0.25) is 0 Å². The zero-order chi connectivity index (χ0) is 13.7. The molecule has 0 bridgehead atoms. The maximum atomic E-state index is 5.05. The van der Waals surface area contributed by atoms with E-state index in [2.05, 4.69) is 40.8 Å². The quantitative estimate of drug-likeness (QED) is 0.882. The Morgan fingerprint density at radius 3 is 2.74 bits per heavy atom. The molecule has 0 amide bonds. The van der Waals surface area contributed by atoms with Gasteiger partial charge in [0.15, 0.2) is 0 Å². The van der Waals surface area contributed by atoms with Gasteiger partial charge < -0.3 is 10.1 Å². The van der Waals surface area contributed by atoms with Crippen molar-refractivity contribution in [3.8, 4) is 5.88 Å². The largest absolute Gasteiger partial charge is 0.480 e. The highest BCUT2D eigenvalue weighted by Crippen LogP contribution is 2.25. The summed E-state index contributed by atoms with van der Waals surface area (Å²) in [5, 5.41) is 14.0. The minimum Gasteiger partial charge on any atom is -0.480 e. The van der Waals surface area contributed by atoms with Gasteiger partial charge >= 0.3 is 0 Å². The maximum Gasteiger partial charge on any atom is 0.233 e. The Balaban J connectivity index is 2.25. The summed E-state index contributed by atoms with van der Waals surface area (Å²) in [5.41, 5.74) is 2.17. The van der Waals surface area contributed by atoms with Crippen molar-refractivity contribution in [3.63, 3.8) is 0 Å². The van der Waals surface area contributed by atoms with Crippen LogP contribution in [0.3, 0.4) is 0 Å². The molecule has 0 aliphatic rings. The predicted molar refractivity (Wildman–Crippen MR) is 77.8 cm³/mol. The van der Waals surface area contributed by atoms with Crippen LogP contribution in [0.4, 0.5) is 0 Å². The van der Waals surface area contributed by atoms with Gasteiger partial charge in [0.2, 0.25) is 5.88 Å². The van der Waals surface area contributed by atoms with Gasteiger partial charge in [0, 0.05) is 10.9 Å². The Kier molecular flexibility index (Phi) is 4.87. The van der Waals surface area contributed by atoms with Gasteiger partial charge in [-0.25, -0.2) is 0 Å². The molecule has 0 saturated heterocycles. The third kappa shape index (κ3) is 3.52. The highest BCUT2D eigenvalue weighted by Gasteiger charge is 2.16. The SMILES string of the molecule is CCCNC(c1csc(C)c1)c1ccc(OC)nn1. The first-order chi connectivity index (χ1) is 9.24. The van der Waals surface area contributed by atoms with Crippen molar-refractivity contribution < 1.29 is 4.74 Å². The highest BCUT2D eigenvalue weighted by molar-refractivity contribution is 7.10. The molecule has 2 rings (SSSR count). The maximum absolute atomic E-state index is 5.05. The van der Waals surface area contributed by atoms with E-state index < -0.39 is 0 Å². The number of aromatic nitrogens is 2. The molecular formula is C14H19N3OS. The lowest BCUT2D eigenvalue weighted by Crippen LogP contribution is -2.24. The molecule has 1 N–H and O–H groups in total. The molecule has 0 radical (unpaired) electrons. The van der Waals surface area contributed by atoms with Gasteiger partial charge in [-0.2, -0.15) is 0 Å². The fourth-order valence-electron chi connectivity index (χ4n) is 1.89. The minimum atomic E-state index is 0.100. The van der Waals surface area contributed by atoms with Crippen molar-refractivity contribution in [2.45, 2.75) is 26.3 Å². The molecule has 2 heterocycles. The van der Waals surface area contributed by atoms with Crippen LogP contribution < -0.4 is 10.1 Å². The van der Waals surface area contributed by atoms with E-state index in [9.17, 15) is 0 Å². The molecule has 0 fully saturated rings. The van der Waals surface area contributed by atoms with Crippen LogP contribution in [-0.2, 0) is 0 Å². The molecule has 5 heteroatoms. The Morgan fingerprint density at radius 2 is 2.21 bits per heavy atom. The van der Waals surface area contributed by atoms with E-state index in [1.54, 1.807) is 18.4 Å². The Hall–Kier alpha value is -1.46. The van der Waals surface area contributed by atoms with E-state index in [1.807, 2.05) is 12.1 Å². The van der Waals surface area contributed by atoms with Crippen LogP contribution >= 0.6 is 11.3 Å². The second kappa shape index (κ2) is 6.63. The van der Waals surface area contributed by atoms with Crippen LogP contribution in [0.15, 0.2) is 23.6 Å². The van der Waals surface area contributed by atoms with Crippen molar-refractivity contribution in [2.24, 2.45) is 0 Å². The first-order valence-corrected chi connectivity index (χ1v) is 7.28. The molecule has 19 heavy (non-hydrogen) atoms. The number of thiophene rings is 1. The summed E-state index contributed by atoms with van der Waals surface area (Å²) in [7, 11) is 1.60. The summed E-state index contributed by atoms with van der Waals surface area (Å²) < 4.78 is 5.05. The molecule has 4 nitrogen and oxygen atoms in total. The predicted octanol–water partition coefficient (Wildman–Crippen LogP) is 2.94. The molecule has 0 aliphatic carbocycles. The van der Waals surface area contributed by atoms with Crippen LogP contribution in [0.5, 0.6) is 5.88 Å². The number of ether oxygens (including phenoxy) is 1. The van der Waals surface area contributed by atoms with Crippen LogP contribution in [0.2, 0.25) is 0 Å². The Morgan fingerprint density at radius 1 is 1.37 bits per heavy atom. The van der Waals surface area contributed by atoms with E-state index >= 15 is 0 Å². The normalized spacial score (nSPS) is 12.4. The summed E-state index contributed by atoms with van der Waals surface area (Å²) in [6.45, 7) is 5.22. The van der Waals surface area contributed by atoms with Crippen LogP contribution in [0, 0.1) is 6.92 Å². The van der Waals surface area contributed by atoms with Crippen molar-refractivity contribution in [2.75, 3.05) is 13.7 Å². The van der Waals surface area contributed by atoms with E-state index in [1.165, 1.54) is 10.4 Å². The number of hydrogen-bond donors (Lipinski definition) is 1. The molecular weight excluding hydrogens is 258 g/mol. The van der Waals surface area contributed by atoms with Crippen molar-refractivity contribution in [1.82, 2.24) is 15.5 Å². The standard InChI is InChI=1S/C14H19N3OS/c1-4-7-15-14(11-8-10(2)19-9-11)12-5-6-13(18-3)17-16-12/h5-6,8-9,14-15H,4,7H2,1-3H3. The first-order valence-electron chi connectivity index (χ1n) is 6.40. The topological polar surface area (TPSA) is 47.0 Å². The van der Waals surface area contributed by atoms with E-state index in [0.29, 0.717) is 5.88 Å². The van der Waals surface area contributed by atoms with Gasteiger partial charge in [0.05, 0.1) is 18.8 Å². The van der Waals surface area contributed by atoms with E-state index in [-0.39, 0.29) is 6.04 Å². The molecule has 0 aliphatic heterocycles. The summed E-state index contributed by atoms with van der Waals surface area (Å²) in [6.07, 6.45) is 1.09. The minimum absolute atomic E-state index is 0.100. The smallest absolute Gasteiger partial charge is 0.233 e. The average molecular weight is 277 g/mol. The van der Waals surface area contributed by atoms with Gasteiger partial charge in [-0.15, -0.1) is 21.5 Å². The molecule has 2 aromatic rings. The molecule has 0 saturated carbocycles. The van der Waals surface area contributed by atoms with Gasteiger partial charge in [0.25, 0.3) is 0 Å².